The number of hydrogen-bond acceptors (Lipinski definition) is 4. The molecule has 0 saturated carbocycles. The number of hydrogen-bond donors (Lipinski definition) is 1. The molecule has 0 fully saturated rings. The third-order valence-electron chi connectivity index (χ3n) is 2.77. The lowest BCUT2D eigenvalue weighted by molar-refractivity contribution is -0.117. The van der Waals surface area contributed by atoms with Crippen LogP contribution >= 0.6 is 15.9 Å². The molecule has 6 heteroatoms. The Morgan fingerprint density at radius 1 is 1.46 bits per heavy atom. The van der Waals surface area contributed by atoms with E-state index in [1.165, 1.54) is 6.08 Å². The van der Waals surface area contributed by atoms with Crippen molar-refractivity contribution in [3.63, 3.8) is 0 Å². The first-order chi connectivity index (χ1) is 11.4. The maximum absolute atomic E-state index is 12.0. The normalized spacial score (nSPS) is 10.9. The molecule has 5 nitrogen and oxygen atoms in total. The summed E-state index contributed by atoms with van der Waals surface area (Å²) in [5.41, 5.74) is 0.685. The van der Waals surface area contributed by atoms with E-state index in [-0.39, 0.29) is 11.6 Å². The lowest BCUT2D eigenvalue weighted by atomic mass is 10.1. The van der Waals surface area contributed by atoms with E-state index in [4.69, 9.17) is 9.47 Å². The average molecular weight is 393 g/mol. The van der Waals surface area contributed by atoms with E-state index in [1.54, 1.807) is 18.2 Å². The molecule has 0 saturated heterocycles. The summed E-state index contributed by atoms with van der Waals surface area (Å²) in [6.45, 7) is 9.96. The molecule has 1 amide bonds. The van der Waals surface area contributed by atoms with Gasteiger partial charge in [-0.05, 0) is 60.5 Å². The van der Waals surface area contributed by atoms with Gasteiger partial charge >= 0.3 is 0 Å². The van der Waals surface area contributed by atoms with Gasteiger partial charge in [0.2, 0.25) is 0 Å². The molecule has 0 aliphatic carbocycles. The predicted molar refractivity (Wildman–Crippen MR) is 97.9 cm³/mol. The van der Waals surface area contributed by atoms with E-state index in [2.05, 4.69) is 27.8 Å². The van der Waals surface area contributed by atoms with Crippen molar-refractivity contribution in [1.29, 1.82) is 5.26 Å². The fraction of sp³-hybridized carbons (Fsp3) is 0.333. The number of carbonyl (C=O) groups is 1. The summed E-state index contributed by atoms with van der Waals surface area (Å²) in [6.07, 6.45) is 3.16. The molecule has 24 heavy (non-hydrogen) atoms. The maximum atomic E-state index is 12.0. The highest BCUT2D eigenvalue weighted by Gasteiger charge is 2.14. The fourth-order valence-electron chi connectivity index (χ4n) is 1.87. The molecular weight excluding hydrogens is 372 g/mol. The third kappa shape index (κ3) is 5.74. The topological polar surface area (TPSA) is 71.3 Å². The molecule has 1 aromatic carbocycles. The van der Waals surface area contributed by atoms with Gasteiger partial charge in [0, 0.05) is 6.04 Å². The first kappa shape index (κ1) is 19.8. The largest absolute Gasteiger partial charge is 0.490 e. The molecule has 0 heterocycles. The van der Waals surface area contributed by atoms with Gasteiger partial charge < -0.3 is 14.8 Å². The van der Waals surface area contributed by atoms with Crippen molar-refractivity contribution < 1.29 is 14.3 Å². The number of amides is 1. The first-order valence-corrected chi connectivity index (χ1v) is 8.34. The van der Waals surface area contributed by atoms with Gasteiger partial charge in [0.15, 0.2) is 11.5 Å². The van der Waals surface area contributed by atoms with Gasteiger partial charge in [-0.1, -0.05) is 12.7 Å². The number of benzene rings is 1. The Hall–Kier alpha value is -2.26. The molecule has 1 N–H and O–H groups in total. The molecule has 128 valence electrons. The van der Waals surface area contributed by atoms with Crippen LogP contribution in [-0.4, -0.2) is 25.2 Å². The van der Waals surface area contributed by atoms with Crippen LogP contribution < -0.4 is 14.8 Å². The van der Waals surface area contributed by atoms with Crippen molar-refractivity contribution in [2.24, 2.45) is 0 Å². The molecule has 0 spiro atoms. The number of halogens is 1. The lowest BCUT2D eigenvalue weighted by Crippen LogP contribution is -2.30. The minimum absolute atomic E-state index is 0.0257. The Morgan fingerprint density at radius 2 is 2.17 bits per heavy atom. The molecule has 0 aliphatic heterocycles. The van der Waals surface area contributed by atoms with Gasteiger partial charge in [-0.25, -0.2) is 0 Å². The van der Waals surface area contributed by atoms with Gasteiger partial charge in [-0.3, -0.25) is 4.79 Å². The molecule has 0 bridgehead atoms. The Labute approximate surface area is 151 Å². The maximum Gasteiger partial charge on any atom is 0.262 e. The van der Waals surface area contributed by atoms with E-state index < -0.39 is 5.91 Å². The summed E-state index contributed by atoms with van der Waals surface area (Å²) in [5, 5.41) is 11.9. The summed E-state index contributed by atoms with van der Waals surface area (Å²) >= 11 is 3.44. The highest BCUT2D eigenvalue weighted by Crippen LogP contribution is 2.37. The minimum Gasteiger partial charge on any atom is -0.490 e. The van der Waals surface area contributed by atoms with Crippen LogP contribution in [0, 0.1) is 11.3 Å². The lowest BCUT2D eigenvalue weighted by Gasteiger charge is -2.14. The second kappa shape index (κ2) is 9.78. The van der Waals surface area contributed by atoms with Gasteiger partial charge in [0.1, 0.15) is 18.2 Å². The molecule has 1 aromatic rings. The Morgan fingerprint density at radius 3 is 2.71 bits per heavy atom. The van der Waals surface area contributed by atoms with Crippen molar-refractivity contribution in [3.8, 4) is 17.6 Å². The van der Waals surface area contributed by atoms with Crippen LogP contribution in [0.25, 0.3) is 6.08 Å². The van der Waals surface area contributed by atoms with Gasteiger partial charge in [0.25, 0.3) is 5.91 Å². The second-order valence-corrected chi connectivity index (χ2v) is 6.01. The quantitative estimate of drug-likeness (QED) is 0.414. The minimum atomic E-state index is -0.409. The fourth-order valence-corrected chi connectivity index (χ4v) is 2.45. The third-order valence-corrected chi connectivity index (χ3v) is 3.36. The van der Waals surface area contributed by atoms with Crippen molar-refractivity contribution in [2.75, 3.05) is 13.2 Å². The van der Waals surface area contributed by atoms with Crippen LogP contribution in [0.5, 0.6) is 11.5 Å². The SMILES string of the molecule is C=CCOc1c(Br)cc(/C=C(/C#N)C(=O)NC(C)C)cc1OCC. The predicted octanol–water partition coefficient (Wildman–Crippen LogP) is 3.84. The van der Waals surface area contributed by atoms with Crippen molar-refractivity contribution in [1.82, 2.24) is 5.32 Å². The molecular formula is C18H21BrN2O3. The highest BCUT2D eigenvalue weighted by atomic mass is 79.9. The van der Waals surface area contributed by atoms with Crippen LogP contribution in [0.3, 0.4) is 0 Å². The zero-order valence-corrected chi connectivity index (χ0v) is 15.6. The van der Waals surface area contributed by atoms with Crippen LogP contribution in [0.15, 0.2) is 34.8 Å². The molecule has 0 unspecified atom stereocenters. The van der Waals surface area contributed by atoms with Crippen LogP contribution in [-0.2, 0) is 4.79 Å². The molecule has 0 atom stereocenters. The van der Waals surface area contributed by atoms with Crippen LogP contribution in [0.1, 0.15) is 26.3 Å². The summed E-state index contributed by atoms with van der Waals surface area (Å²) in [5.74, 6) is 0.675. The van der Waals surface area contributed by atoms with Gasteiger partial charge in [-0.2, -0.15) is 5.26 Å². The summed E-state index contributed by atoms with van der Waals surface area (Å²) in [4.78, 5) is 12.0. The number of nitrogens with zero attached hydrogens (tertiary/aromatic N) is 1. The zero-order valence-electron chi connectivity index (χ0n) is 14.1. The Balaban J connectivity index is 3.24. The first-order valence-electron chi connectivity index (χ1n) is 7.55. The summed E-state index contributed by atoms with van der Waals surface area (Å²) in [6, 6.07) is 5.37. The Bertz CT molecular complexity index is 676. The van der Waals surface area contributed by atoms with Gasteiger partial charge in [-0.15, -0.1) is 0 Å². The molecule has 1 rings (SSSR count). The van der Waals surface area contributed by atoms with E-state index in [9.17, 15) is 10.1 Å². The second-order valence-electron chi connectivity index (χ2n) is 5.16. The smallest absolute Gasteiger partial charge is 0.262 e. The average Bonchev–Trinajstić information content (AvgIpc) is 2.51. The summed E-state index contributed by atoms with van der Waals surface area (Å²) in [7, 11) is 0. The zero-order chi connectivity index (χ0) is 18.1. The monoisotopic (exact) mass is 392 g/mol. The van der Waals surface area contributed by atoms with Crippen molar-refractivity contribution >= 4 is 27.9 Å². The number of ether oxygens (including phenoxy) is 2. The highest BCUT2D eigenvalue weighted by molar-refractivity contribution is 9.10. The van der Waals surface area contributed by atoms with E-state index >= 15 is 0 Å². The van der Waals surface area contributed by atoms with Crippen LogP contribution in [0.4, 0.5) is 0 Å². The van der Waals surface area contributed by atoms with E-state index in [0.29, 0.717) is 34.7 Å². The number of carbonyl (C=O) groups excluding carboxylic acids is 1. The Kier molecular flexibility index (Phi) is 8.07. The van der Waals surface area contributed by atoms with Crippen molar-refractivity contribution in [3.05, 3.63) is 40.4 Å². The number of nitrogens with one attached hydrogen (secondary N) is 1. The van der Waals surface area contributed by atoms with Crippen LogP contribution in [0.2, 0.25) is 0 Å². The number of rotatable bonds is 8. The van der Waals surface area contributed by atoms with E-state index in [1.807, 2.05) is 26.8 Å². The molecule has 0 aliphatic rings. The van der Waals surface area contributed by atoms with E-state index in [0.717, 1.165) is 0 Å². The van der Waals surface area contributed by atoms with Crippen molar-refractivity contribution in [2.45, 2.75) is 26.8 Å². The van der Waals surface area contributed by atoms with Gasteiger partial charge in [0.05, 0.1) is 11.1 Å². The molecule has 0 aromatic heterocycles. The number of nitriles is 1. The standard InChI is InChI=1S/C18H21BrN2O3/c1-5-7-24-17-15(19)9-13(10-16(17)23-6-2)8-14(11-20)18(22)21-12(3)4/h5,8-10,12H,1,6-7H2,2-4H3,(H,21,22)/b14-8-. The molecule has 0 radical (unpaired) electrons. The summed E-state index contributed by atoms with van der Waals surface area (Å²) < 4.78 is 11.9.